The van der Waals surface area contributed by atoms with E-state index in [2.05, 4.69) is 15.4 Å². The zero-order valence-electron chi connectivity index (χ0n) is 17.3. The van der Waals surface area contributed by atoms with Crippen LogP contribution >= 0.6 is 11.6 Å². The van der Waals surface area contributed by atoms with Gasteiger partial charge in [0.2, 0.25) is 15.9 Å². The molecule has 1 atom stereocenters. The maximum absolute atomic E-state index is 12.8. The molecule has 0 radical (unpaired) electrons. The molecule has 0 saturated carbocycles. The van der Waals surface area contributed by atoms with Gasteiger partial charge in [0.25, 0.3) is 0 Å². The minimum absolute atomic E-state index is 0.00869. The fourth-order valence-electron chi connectivity index (χ4n) is 3.31. The number of carbonyl (C=O) groups is 2. The van der Waals surface area contributed by atoms with Gasteiger partial charge in [0.1, 0.15) is 18.8 Å². The Balaban J connectivity index is 1.51. The van der Waals surface area contributed by atoms with E-state index in [0.29, 0.717) is 10.6 Å². The van der Waals surface area contributed by atoms with Gasteiger partial charge in [0.05, 0.1) is 23.5 Å². The first-order valence-electron chi connectivity index (χ1n) is 9.99. The van der Waals surface area contributed by atoms with Gasteiger partial charge in [-0.3, -0.25) is 4.79 Å². The van der Waals surface area contributed by atoms with Gasteiger partial charge in [-0.05, 0) is 42.0 Å². The second-order valence-corrected chi connectivity index (χ2v) is 9.65. The summed E-state index contributed by atoms with van der Waals surface area (Å²) in [5.74, 6) is -0.984. The van der Waals surface area contributed by atoms with Crippen molar-refractivity contribution in [2.45, 2.75) is 17.5 Å². The quantitative estimate of drug-likeness (QED) is 0.500. The number of benzene rings is 2. The second kappa shape index (κ2) is 9.69. The van der Waals surface area contributed by atoms with Crippen molar-refractivity contribution in [2.75, 3.05) is 19.6 Å². The molecule has 2 heterocycles. The lowest BCUT2D eigenvalue weighted by molar-refractivity contribution is -0.122. The first-order chi connectivity index (χ1) is 15.8. The van der Waals surface area contributed by atoms with Crippen LogP contribution in [0.4, 0.5) is 0 Å². The van der Waals surface area contributed by atoms with Crippen molar-refractivity contribution in [2.24, 2.45) is 0 Å². The number of hydrogen-bond acceptors (Lipinski definition) is 7. The first kappa shape index (κ1) is 22.9. The fraction of sp³-hybridized carbons (Fsp3) is 0.238. The molecule has 172 valence electrons. The second-order valence-electron chi connectivity index (χ2n) is 7.28. The van der Waals surface area contributed by atoms with Crippen molar-refractivity contribution in [3.8, 4) is 0 Å². The number of amides is 1. The number of sulfonamides is 1. The highest BCUT2D eigenvalue weighted by atomic mass is 35.5. The summed E-state index contributed by atoms with van der Waals surface area (Å²) in [6.07, 6.45) is 2.22. The van der Waals surface area contributed by atoms with Crippen LogP contribution in [-0.2, 0) is 26.1 Å². The topological polar surface area (TPSA) is 123 Å². The summed E-state index contributed by atoms with van der Waals surface area (Å²) in [4.78, 5) is 28.3. The predicted octanol–water partition coefficient (Wildman–Crippen LogP) is 1.65. The molecule has 0 spiro atoms. The van der Waals surface area contributed by atoms with Crippen molar-refractivity contribution in [1.29, 1.82) is 0 Å². The van der Waals surface area contributed by atoms with E-state index in [1.165, 1.54) is 41.6 Å². The molecular formula is C21H20ClN5O5S. The van der Waals surface area contributed by atoms with Crippen LogP contribution in [-0.4, -0.2) is 59.0 Å². The number of piperazine rings is 1. The number of nitrogens with zero attached hydrogens (tertiary/aromatic N) is 4. The number of ether oxygens (including phenoxy) is 1. The van der Waals surface area contributed by atoms with Gasteiger partial charge in [-0.1, -0.05) is 23.7 Å². The van der Waals surface area contributed by atoms with Gasteiger partial charge in [-0.2, -0.15) is 9.40 Å². The van der Waals surface area contributed by atoms with Crippen molar-refractivity contribution >= 4 is 33.5 Å². The molecule has 0 bridgehead atoms. The molecule has 1 aliphatic heterocycles. The SMILES string of the molecule is O=C1CN(S(=O)(=O)c2ccc(C(=O)OC(Cn3cncn3)c3ccc(Cl)cc3)cc2)CCN1. The van der Waals surface area contributed by atoms with Crippen LogP contribution in [0.5, 0.6) is 0 Å². The Labute approximate surface area is 195 Å². The van der Waals surface area contributed by atoms with Crippen LogP contribution in [0, 0.1) is 0 Å². The smallest absolute Gasteiger partial charge is 0.338 e. The van der Waals surface area contributed by atoms with E-state index >= 15 is 0 Å². The number of carbonyl (C=O) groups excluding carboxylic acids is 2. The highest BCUT2D eigenvalue weighted by Crippen LogP contribution is 2.24. The molecule has 1 saturated heterocycles. The number of halogens is 1. The van der Waals surface area contributed by atoms with Crippen LogP contribution in [0.25, 0.3) is 0 Å². The summed E-state index contributed by atoms with van der Waals surface area (Å²) in [5.41, 5.74) is 0.897. The lowest BCUT2D eigenvalue weighted by Crippen LogP contribution is -2.49. The number of aromatic nitrogens is 3. The highest BCUT2D eigenvalue weighted by Gasteiger charge is 2.29. The van der Waals surface area contributed by atoms with E-state index in [-0.39, 0.29) is 42.5 Å². The molecule has 1 N–H and O–H groups in total. The molecule has 10 nitrogen and oxygen atoms in total. The Bertz CT molecular complexity index is 1230. The van der Waals surface area contributed by atoms with E-state index < -0.39 is 22.1 Å². The zero-order valence-corrected chi connectivity index (χ0v) is 18.9. The number of rotatable bonds is 7. The van der Waals surface area contributed by atoms with Crippen LogP contribution < -0.4 is 5.32 Å². The Kier molecular flexibility index (Phi) is 6.72. The number of esters is 1. The van der Waals surface area contributed by atoms with Crippen molar-refractivity contribution < 1.29 is 22.7 Å². The molecule has 1 aromatic heterocycles. The van der Waals surface area contributed by atoms with Crippen LogP contribution in [0.15, 0.2) is 66.1 Å². The van der Waals surface area contributed by atoms with Gasteiger partial charge in [-0.25, -0.2) is 22.9 Å². The molecule has 1 aliphatic rings. The molecule has 1 fully saturated rings. The summed E-state index contributed by atoms with van der Waals surface area (Å²) >= 11 is 5.97. The minimum atomic E-state index is -3.85. The Hall–Kier alpha value is -3.28. The van der Waals surface area contributed by atoms with Crippen LogP contribution in [0.1, 0.15) is 22.0 Å². The third kappa shape index (κ3) is 5.38. The summed E-state index contributed by atoms with van der Waals surface area (Å²) in [7, 11) is -3.85. The average molecular weight is 490 g/mol. The minimum Gasteiger partial charge on any atom is -0.452 e. The third-order valence-electron chi connectivity index (χ3n) is 5.04. The van der Waals surface area contributed by atoms with Gasteiger partial charge >= 0.3 is 5.97 Å². The molecular weight excluding hydrogens is 470 g/mol. The molecule has 1 amide bonds. The zero-order chi connectivity index (χ0) is 23.4. The highest BCUT2D eigenvalue weighted by molar-refractivity contribution is 7.89. The Morgan fingerprint density at radius 3 is 2.52 bits per heavy atom. The molecule has 4 rings (SSSR count). The third-order valence-corrected chi connectivity index (χ3v) is 7.15. The first-order valence-corrected chi connectivity index (χ1v) is 11.8. The van der Waals surface area contributed by atoms with Gasteiger partial charge in [0.15, 0.2) is 0 Å². The average Bonchev–Trinajstić information content (AvgIpc) is 3.32. The van der Waals surface area contributed by atoms with Gasteiger partial charge in [0, 0.05) is 18.1 Å². The van der Waals surface area contributed by atoms with E-state index in [1.807, 2.05) is 0 Å². The lowest BCUT2D eigenvalue weighted by Gasteiger charge is -2.25. The maximum atomic E-state index is 12.8. The van der Waals surface area contributed by atoms with Crippen molar-refractivity contribution in [3.63, 3.8) is 0 Å². The lowest BCUT2D eigenvalue weighted by atomic mass is 10.1. The summed E-state index contributed by atoms with van der Waals surface area (Å²) in [6, 6.07) is 12.3. The van der Waals surface area contributed by atoms with E-state index in [4.69, 9.17) is 16.3 Å². The van der Waals surface area contributed by atoms with Crippen LogP contribution in [0.2, 0.25) is 5.02 Å². The largest absolute Gasteiger partial charge is 0.452 e. The standard InChI is InChI=1S/C21H20ClN5O5S/c22-17-5-1-15(2-6-17)19(11-26-14-23-13-25-26)32-21(29)16-3-7-18(8-4-16)33(30,31)27-10-9-24-20(28)12-27/h1-8,13-14,19H,9-12H2,(H,24,28). The van der Waals surface area contributed by atoms with Gasteiger partial charge in [-0.15, -0.1) is 0 Å². The van der Waals surface area contributed by atoms with Gasteiger partial charge < -0.3 is 10.1 Å². The molecule has 3 aromatic rings. The Morgan fingerprint density at radius 1 is 1.15 bits per heavy atom. The van der Waals surface area contributed by atoms with E-state index in [9.17, 15) is 18.0 Å². The fourth-order valence-corrected chi connectivity index (χ4v) is 4.84. The predicted molar refractivity (Wildman–Crippen MR) is 118 cm³/mol. The van der Waals surface area contributed by atoms with Crippen molar-refractivity contribution in [1.82, 2.24) is 24.4 Å². The van der Waals surface area contributed by atoms with Crippen LogP contribution in [0.3, 0.4) is 0 Å². The number of hydrogen-bond donors (Lipinski definition) is 1. The summed E-state index contributed by atoms with van der Waals surface area (Å²) in [6.45, 7) is 0.428. The maximum Gasteiger partial charge on any atom is 0.338 e. The number of nitrogens with one attached hydrogen (secondary N) is 1. The molecule has 12 heteroatoms. The van der Waals surface area contributed by atoms with E-state index in [0.717, 1.165) is 4.31 Å². The molecule has 2 aromatic carbocycles. The molecule has 1 unspecified atom stereocenters. The monoisotopic (exact) mass is 489 g/mol. The normalized spacial score (nSPS) is 15.6. The van der Waals surface area contributed by atoms with E-state index in [1.54, 1.807) is 24.3 Å². The van der Waals surface area contributed by atoms with Crippen molar-refractivity contribution in [3.05, 3.63) is 77.3 Å². The summed E-state index contributed by atoms with van der Waals surface area (Å²) < 4.78 is 33.9. The summed E-state index contributed by atoms with van der Waals surface area (Å²) in [5, 5.41) is 7.19. The molecule has 0 aliphatic carbocycles. The molecule has 33 heavy (non-hydrogen) atoms. The Morgan fingerprint density at radius 2 is 1.88 bits per heavy atom.